The van der Waals surface area contributed by atoms with Gasteiger partial charge in [0.15, 0.2) is 11.8 Å². The second kappa shape index (κ2) is 9.52. The van der Waals surface area contributed by atoms with E-state index in [0.29, 0.717) is 12.6 Å². The summed E-state index contributed by atoms with van der Waals surface area (Å²) in [6.45, 7) is 2.49. The maximum atomic E-state index is 12.3. The van der Waals surface area contributed by atoms with E-state index < -0.39 is 0 Å². The first-order valence-corrected chi connectivity index (χ1v) is 9.19. The molecular formula is C17H30IN7O. The van der Waals surface area contributed by atoms with Gasteiger partial charge in [-0.2, -0.15) is 0 Å². The van der Waals surface area contributed by atoms with Crippen LogP contribution in [0, 0.1) is 12.8 Å². The van der Waals surface area contributed by atoms with Gasteiger partial charge in [0.25, 0.3) is 0 Å². The third-order valence-electron chi connectivity index (χ3n) is 5.13. The van der Waals surface area contributed by atoms with Crippen molar-refractivity contribution < 1.29 is 4.79 Å². The van der Waals surface area contributed by atoms with Crippen LogP contribution >= 0.6 is 24.0 Å². The number of nitrogens with zero attached hydrogens (tertiary/aromatic N) is 4. The summed E-state index contributed by atoms with van der Waals surface area (Å²) < 4.78 is 1.96. The van der Waals surface area contributed by atoms with Gasteiger partial charge in [-0.05, 0) is 39.0 Å². The molecule has 2 fully saturated rings. The normalized spacial score (nSPS) is 23.1. The SMILES string of the molecule is CN=C(NCc1nnc(C)n1C)NC1CCCC(C(=O)NC2CC2)C1.I. The number of nitrogens with one attached hydrogen (secondary N) is 3. The van der Waals surface area contributed by atoms with Crippen LogP contribution in [0.5, 0.6) is 0 Å². The van der Waals surface area contributed by atoms with Crippen LogP contribution in [0.25, 0.3) is 0 Å². The lowest BCUT2D eigenvalue weighted by Crippen LogP contribution is -2.47. The van der Waals surface area contributed by atoms with E-state index >= 15 is 0 Å². The first-order chi connectivity index (χ1) is 12.1. The van der Waals surface area contributed by atoms with Gasteiger partial charge in [-0.15, -0.1) is 34.2 Å². The zero-order valence-corrected chi connectivity index (χ0v) is 18.1. The smallest absolute Gasteiger partial charge is 0.223 e. The lowest BCUT2D eigenvalue weighted by Gasteiger charge is -2.30. The van der Waals surface area contributed by atoms with Gasteiger partial charge in [-0.25, -0.2) is 0 Å². The maximum absolute atomic E-state index is 12.3. The van der Waals surface area contributed by atoms with E-state index in [9.17, 15) is 4.79 Å². The molecule has 2 aliphatic carbocycles. The van der Waals surface area contributed by atoms with Crippen molar-refractivity contribution in [3.05, 3.63) is 11.6 Å². The Morgan fingerprint density at radius 3 is 2.58 bits per heavy atom. The summed E-state index contributed by atoms with van der Waals surface area (Å²) in [5, 5.41) is 18.1. The fourth-order valence-electron chi connectivity index (χ4n) is 3.26. The molecule has 8 nitrogen and oxygen atoms in total. The Labute approximate surface area is 172 Å². The molecule has 1 aromatic heterocycles. The molecule has 146 valence electrons. The van der Waals surface area contributed by atoms with Gasteiger partial charge >= 0.3 is 0 Å². The quantitative estimate of drug-likeness (QED) is 0.339. The number of rotatable bonds is 5. The van der Waals surface area contributed by atoms with Crippen LogP contribution in [-0.2, 0) is 18.4 Å². The molecular weight excluding hydrogens is 445 g/mol. The van der Waals surface area contributed by atoms with Crippen molar-refractivity contribution in [2.24, 2.45) is 18.0 Å². The molecule has 1 amide bonds. The number of aliphatic imine (C=N–C) groups is 1. The molecule has 2 aliphatic rings. The Bertz CT molecular complexity index is 641. The second-order valence-corrected chi connectivity index (χ2v) is 7.14. The highest BCUT2D eigenvalue weighted by Gasteiger charge is 2.31. The van der Waals surface area contributed by atoms with Crippen LogP contribution in [0.3, 0.4) is 0 Å². The number of carbonyl (C=O) groups is 1. The molecule has 0 saturated heterocycles. The monoisotopic (exact) mass is 475 g/mol. The van der Waals surface area contributed by atoms with Crippen LogP contribution < -0.4 is 16.0 Å². The van der Waals surface area contributed by atoms with E-state index in [2.05, 4.69) is 31.1 Å². The Kier molecular flexibility index (Phi) is 7.66. The molecule has 0 aliphatic heterocycles. The minimum Gasteiger partial charge on any atom is -0.354 e. The molecule has 3 rings (SSSR count). The fourth-order valence-corrected chi connectivity index (χ4v) is 3.26. The van der Waals surface area contributed by atoms with Crippen molar-refractivity contribution in [1.29, 1.82) is 0 Å². The molecule has 1 heterocycles. The lowest BCUT2D eigenvalue weighted by molar-refractivity contribution is -0.126. The summed E-state index contributed by atoms with van der Waals surface area (Å²) in [6.07, 6.45) is 6.26. The van der Waals surface area contributed by atoms with Crippen LogP contribution in [0.4, 0.5) is 0 Å². The van der Waals surface area contributed by atoms with E-state index in [1.165, 1.54) is 0 Å². The van der Waals surface area contributed by atoms with Gasteiger partial charge in [-0.1, -0.05) is 6.42 Å². The molecule has 1 aromatic rings. The standard InChI is InChI=1S/C17H29N7O.HI/c1-11-22-23-15(24(11)3)10-19-17(18-2)21-14-6-4-5-12(9-14)16(25)20-13-7-8-13;/h12-14H,4-10H2,1-3H3,(H,20,25)(H2,18,19,21);1H. The number of hydrogen-bond acceptors (Lipinski definition) is 4. The van der Waals surface area contributed by atoms with Crippen molar-refractivity contribution in [3.63, 3.8) is 0 Å². The number of halogens is 1. The molecule has 3 N–H and O–H groups in total. The molecule has 9 heteroatoms. The van der Waals surface area contributed by atoms with Crippen molar-refractivity contribution in [2.45, 2.75) is 64.1 Å². The summed E-state index contributed by atoms with van der Waals surface area (Å²) in [6, 6.07) is 0.709. The summed E-state index contributed by atoms with van der Waals surface area (Å²) in [4.78, 5) is 16.6. The van der Waals surface area contributed by atoms with Gasteiger partial charge < -0.3 is 20.5 Å². The molecule has 0 spiro atoms. The number of guanidine groups is 1. The molecule has 2 saturated carbocycles. The number of aromatic nitrogens is 3. The highest BCUT2D eigenvalue weighted by atomic mass is 127. The largest absolute Gasteiger partial charge is 0.354 e. The van der Waals surface area contributed by atoms with Crippen molar-refractivity contribution >= 4 is 35.8 Å². The van der Waals surface area contributed by atoms with Gasteiger partial charge in [-0.3, -0.25) is 9.79 Å². The minimum atomic E-state index is 0. The number of hydrogen-bond donors (Lipinski definition) is 3. The van der Waals surface area contributed by atoms with Crippen molar-refractivity contribution in [2.75, 3.05) is 7.05 Å². The van der Waals surface area contributed by atoms with E-state index in [-0.39, 0.29) is 41.8 Å². The summed E-state index contributed by atoms with van der Waals surface area (Å²) in [5.41, 5.74) is 0. The van der Waals surface area contributed by atoms with Crippen molar-refractivity contribution in [3.8, 4) is 0 Å². The summed E-state index contributed by atoms with van der Waals surface area (Å²) >= 11 is 0. The van der Waals surface area contributed by atoms with Gasteiger partial charge in [0.1, 0.15) is 5.82 Å². The predicted molar refractivity (Wildman–Crippen MR) is 111 cm³/mol. The van der Waals surface area contributed by atoms with E-state index in [0.717, 1.165) is 56.1 Å². The minimum absolute atomic E-state index is 0. The lowest BCUT2D eigenvalue weighted by atomic mass is 9.85. The zero-order chi connectivity index (χ0) is 17.8. The first-order valence-electron chi connectivity index (χ1n) is 9.19. The average molecular weight is 475 g/mol. The molecule has 0 radical (unpaired) electrons. The van der Waals surface area contributed by atoms with E-state index in [1.54, 1.807) is 7.05 Å². The third kappa shape index (κ3) is 5.55. The molecule has 2 atom stereocenters. The average Bonchev–Trinajstić information content (AvgIpc) is 3.38. The number of carbonyl (C=O) groups excluding carboxylic acids is 1. The van der Waals surface area contributed by atoms with E-state index in [4.69, 9.17) is 0 Å². The van der Waals surface area contributed by atoms with E-state index in [1.807, 2.05) is 18.5 Å². The number of amides is 1. The zero-order valence-electron chi connectivity index (χ0n) is 15.8. The Balaban J connectivity index is 0.00000243. The third-order valence-corrected chi connectivity index (χ3v) is 5.13. The molecule has 0 aromatic carbocycles. The Hall–Kier alpha value is -1.39. The van der Waals surface area contributed by atoms with Gasteiger partial charge in [0, 0.05) is 32.1 Å². The fraction of sp³-hybridized carbons (Fsp3) is 0.765. The predicted octanol–water partition coefficient (Wildman–Crippen LogP) is 1.24. The number of aryl methyl sites for hydroxylation is 1. The first kappa shape index (κ1) is 20.9. The molecule has 26 heavy (non-hydrogen) atoms. The topological polar surface area (TPSA) is 96.2 Å². The van der Waals surface area contributed by atoms with Crippen LogP contribution in [0.1, 0.15) is 50.2 Å². The van der Waals surface area contributed by atoms with Crippen LogP contribution in [-0.4, -0.2) is 45.8 Å². The van der Waals surface area contributed by atoms with Crippen LogP contribution in [0.2, 0.25) is 0 Å². The highest BCUT2D eigenvalue weighted by Crippen LogP contribution is 2.26. The maximum Gasteiger partial charge on any atom is 0.223 e. The van der Waals surface area contributed by atoms with Gasteiger partial charge in [0.05, 0.1) is 6.54 Å². The van der Waals surface area contributed by atoms with Crippen LogP contribution in [0.15, 0.2) is 4.99 Å². The Morgan fingerprint density at radius 2 is 1.96 bits per heavy atom. The molecule has 2 unspecified atom stereocenters. The van der Waals surface area contributed by atoms with Crippen molar-refractivity contribution in [1.82, 2.24) is 30.7 Å². The van der Waals surface area contributed by atoms with Gasteiger partial charge in [0.2, 0.25) is 5.91 Å². The highest BCUT2D eigenvalue weighted by molar-refractivity contribution is 14.0. The second-order valence-electron chi connectivity index (χ2n) is 7.14. The summed E-state index contributed by atoms with van der Waals surface area (Å²) in [7, 11) is 3.71. The Morgan fingerprint density at radius 1 is 1.19 bits per heavy atom. The summed E-state index contributed by atoms with van der Waals surface area (Å²) in [5.74, 6) is 2.84. The molecule has 0 bridgehead atoms.